The summed E-state index contributed by atoms with van der Waals surface area (Å²) in [5, 5.41) is 2.30. The van der Waals surface area contributed by atoms with Gasteiger partial charge in [0.25, 0.3) is 11.8 Å². The van der Waals surface area contributed by atoms with E-state index >= 15 is 0 Å². The molecule has 6 nitrogen and oxygen atoms in total. The van der Waals surface area contributed by atoms with Crippen LogP contribution in [0.4, 0.5) is 10.5 Å². The number of urea groups is 1. The van der Waals surface area contributed by atoms with Crippen LogP contribution >= 0.6 is 0 Å². The number of imide groups is 2. The van der Waals surface area contributed by atoms with E-state index in [4.69, 9.17) is 0 Å². The van der Waals surface area contributed by atoms with Crippen molar-refractivity contribution in [1.82, 2.24) is 9.88 Å². The first kappa shape index (κ1) is 22.3. The van der Waals surface area contributed by atoms with Crippen molar-refractivity contribution in [2.24, 2.45) is 0 Å². The van der Waals surface area contributed by atoms with Crippen LogP contribution in [0.2, 0.25) is 0 Å². The highest BCUT2D eigenvalue weighted by atomic mass is 16.2. The number of barbiturate groups is 1. The van der Waals surface area contributed by atoms with E-state index in [2.05, 4.69) is 35.9 Å². The maximum absolute atomic E-state index is 13.3. The molecule has 4 amide bonds. The van der Waals surface area contributed by atoms with Crippen molar-refractivity contribution >= 4 is 29.6 Å². The first-order chi connectivity index (χ1) is 15.7. The zero-order valence-electron chi connectivity index (χ0n) is 19.5. The van der Waals surface area contributed by atoms with E-state index in [-0.39, 0.29) is 5.57 Å². The summed E-state index contributed by atoms with van der Waals surface area (Å²) in [6, 6.07) is 16.5. The topological polar surface area (TPSA) is 71.4 Å². The molecular weight excluding hydrogens is 414 g/mol. The molecule has 1 aliphatic heterocycles. The van der Waals surface area contributed by atoms with E-state index < -0.39 is 17.8 Å². The van der Waals surface area contributed by atoms with E-state index in [0.717, 1.165) is 33.1 Å². The number of carbonyl (C=O) groups is 3. The number of nitrogens with zero attached hydrogens (tertiary/aromatic N) is 2. The highest BCUT2D eigenvalue weighted by Crippen LogP contribution is 2.30. The fraction of sp³-hybridized carbons (Fsp3) is 0.222. The number of aromatic nitrogens is 1. The van der Waals surface area contributed by atoms with Gasteiger partial charge in [0.15, 0.2) is 0 Å². The normalized spacial score (nSPS) is 15.5. The average Bonchev–Trinajstić information content (AvgIpc) is 3.05. The SMILES string of the molecule is Cc1ccccc1N1C(=O)NC(=O)/C(=C\c2cc(C)n(-c3ccccc3C(C)C)c2C)C1=O. The van der Waals surface area contributed by atoms with Crippen LogP contribution in [0.3, 0.4) is 0 Å². The van der Waals surface area contributed by atoms with Gasteiger partial charge in [-0.15, -0.1) is 0 Å². The maximum Gasteiger partial charge on any atom is 0.335 e. The largest absolute Gasteiger partial charge is 0.335 e. The third kappa shape index (κ3) is 3.89. The van der Waals surface area contributed by atoms with Crippen molar-refractivity contribution in [3.05, 3.63) is 88.2 Å². The lowest BCUT2D eigenvalue weighted by Crippen LogP contribution is -2.54. The standard InChI is InChI=1S/C27H27N3O3/c1-16(2)21-11-7-9-13-24(21)29-18(4)14-20(19(29)5)15-22-25(31)28-27(33)30(26(22)32)23-12-8-6-10-17(23)3/h6-16H,1-5H3,(H,28,31,33)/b22-15+. The van der Waals surface area contributed by atoms with Crippen LogP contribution in [0.25, 0.3) is 11.8 Å². The number of carbonyl (C=O) groups excluding carboxylic acids is 3. The Kier molecular flexibility index (Phi) is 5.77. The molecule has 0 unspecified atom stereocenters. The summed E-state index contributed by atoms with van der Waals surface area (Å²) in [6.07, 6.45) is 1.58. The van der Waals surface area contributed by atoms with Crippen molar-refractivity contribution < 1.29 is 14.4 Å². The van der Waals surface area contributed by atoms with Gasteiger partial charge in [-0.3, -0.25) is 14.9 Å². The highest BCUT2D eigenvalue weighted by molar-refractivity contribution is 6.39. The molecular formula is C27H27N3O3. The number of nitrogens with one attached hydrogen (secondary N) is 1. The molecule has 0 saturated carbocycles. The second kappa shape index (κ2) is 8.54. The number of anilines is 1. The molecule has 1 saturated heterocycles. The van der Waals surface area contributed by atoms with Gasteiger partial charge in [0.05, 0.1) is 5.69 Å². The molecule has 2 aromatic carbocycles. The Morgan fingerprint density at radius 1 is 0.879 bits per heavy atom. The lowest BCUT2D eigenvalue weighted by molar-refractivity contribution is -0.122. The molecule has 0 bridgehead atoms. The highest BCUT2D eigenvalue weighted by Gasteiger charge is 2.37. The van der Waals surface area contributed by atoms with Gasteiger partial charge >= 0.3 is 6.03 Å². The number of hydrogen-bond donors (Lipinski definition) is 1. The zero-order chi connectivity index (χ0) is 23.9. The van der Waals surface area contributed by atoms with Crippen LogP contribution in [-0.2, 0) is 9.59 Å². The average molecular weight is 442 g/mol. The summed E-state index contributed by atoms with van der Waals surface area (Å²) in [5.74, 6) is -0.990. The maximum atomic E-state index is 13.3. The monoisotopic (exact) mass is 441 g/mol. The number of amides is 4. The lowest BCUT2D eigenvalue weighted by Gasteiger charge is -2.27. The minimum absolute atomic E-state index is 0.0738. The predicted molar refractivity (Wildman–Crippen MR) is 130 cm³/mol. The Balaban J connectivity index is 1.80. The molecule has 0 atom stereocenters. The van der Waals surface area contributed by atoms with Crippen LogP contribution in [0.15, 0.2) is 60.2 Å². The van der Waals surface area contributed by atoms with E-state index in [1.807, 2.05) is 51.1 Å². The van der Waals surface area contributed by atoms with Crippen molar-refractivity contribution in [1.29, 1.82) is 0 Å². The molecule has 3 aromatic rings. The van der Waals surface area contributed by atoms with Gasteiger partial charge in [-0.05, 0) is 67.7 Å². The second-order valence-corrected chi connectivity index (χ2v) is 8.62. The molecule has 0 aliphatic carbocycles. The molecule has 1 aromatic heterocycles. The molecule has 0 radical (unpaired) electrons. The first-order valence-corrected chi connectivity index (χ1v) is 11.0. The summed E-state index contributed by atoms with van der Waals surface area (Å²) in [7, 11) is 0. The first-order valence-electron chi connectivity index (χ1n) is 11.0. The molecule has 1 fully saturated rings. The number of para-hydroxylation sites is 2. The summed E-state index contributed by atoms with van der Waals surface area (Å²) in [6.45, 7) is 10.1. The van der Waals surface area contributed by atoms with Gasteiger partial charge in [0.2, 0.25) is 0 Å². The molecule has 0 spiro atoms. The van der Waals surface area contributed by atoms with Gasteiger partial charge in [-0.2, -0.15) is 0 Å². The Labute approximate surface area is 193 Å². The van der Waals surface area contributed by atoms with E-state index in [9.17, 15) is 14.4 Å². The molecule has 6 heteroatoms. The quantitative estimate of drug-likeness (QED) is 0.447. The van der Waals surface area contributed by atoms with Crippen LogP contribution < -0.4 is 10.2 Å². The zero-order valence-corrected chi connectivity index (χ0v) is 19.5. The van der Waals surface area contributed by atoms with Crippen LogP contribution in [0.1, 0.15) is 47.8 Å². The minimum Gasteiger partial charge on any atom is -0.318 e. The van der Waals surface area contributed by atoms with Gasteiger partial charge in [0.1, 0.15) is 5.57 Å². The summed E-state index contributed by atoms with van der Waals surface area (Å²) in [5.41, 5.74) is 6.08. The minimum atomic E-state index is -0.743. The third-order valence-corrected chi connectivity index (χ3v) is 6.03. The fourth-order valence-electron chi connectivity index (χ4n) is 4.33. The molecule has 1 N–H and O–H groups in total. The summed E-state index contributed by atoms with van der Waals surface area (Å²) >= 11 is 0. The van der Waals surface area contributed by atoms with Crippen molar-refractivity contribution in [3.8, 4) is 5.69 Å². The molecule has 4 rings (SSSR count). The van der Waals surface area contributed by atoms with Crippen molar-refractivity contribution in [3.63, 3.8) is 0 Å². The van der Waals surface area contributed by atoms with E-state index in [0.29, 0.717) is 11.6 Å². The van der Waals surface area contributed by atoms with Gasteiger partial charge < -0.3 is 4.57 Å². The Hall–Kier alpha value is -3.93. The van der Waals surface area contributed by atoms with Crippen LogP contribution in [0, 0.1) is 20.8 Å². The second-order valence-electron chi connectivity index (χ2n) is 8.62. The summed E-state index contributed by atoms with van der Waals surface area (Å²) in [4.78, 5) is 39.5. The van der Waals surface area contributed by atoms with E-state index in [1.165, 1.54) is 5.56 Å². The number of aryl methyl sites for hydroxylation is 2. The molecule has 33 heavy (non-hydrogen) atoms. The smallest absolute Gasteiger partial charge is 0.318 e. The molecule has 1 aliphatic rings. The Bertz CT molecular complexity index is 1310. The number of hydrogen-bond acceptors (Lipinski definition) is 3. The summed E-state index contributed by atoms with van der Waals surface area (Å²) < 4.78 is 2.14. The van der Waals surface area contributed by atoms with E-state index in [1.54, 1.807) is 18.2 Å². The lowest BCUT2D eigenvalue weighted by atomic mass is 10.0. The molecule has 168 valence electrons. The Morgan fingerprint density at radius 2 is 1.52 bits per heavy atom. The predicted octanol–water partition coefficient (Wildman–Crippen LogP) is 5.19. The van der Waals surface area contributed by atoms with Crippen molar-refractivity contribution in [2.45, 2.75) is 40.5 Å². The Morgan fingerprint density at radius 3 is 2.18 bits per heavy atom. The number of benzene rings is 2. The molecule has 2 heterocycles. The van der Waals surface area contributed by atoms with Gasteiger partial charge in [-0.1, -0.05) is 50.2 Å². The number of rotatable bonds is 4. The van der Waals surface area contributed by atoms with Gasteiger partial charge in [0, 0.05) is 17.1 Å². The van der Waals surface area contributed by atoms with Crippen LogP contribution in [-0.4, -0.2) is 22.4 Å². The van der Waals surface area contributed by atoms with Crippen LogP contribution in [0.5, 0.6) is 0 Å². The van der Waals surface area contributed by atoms with Crippen molar-refractivity contribution in [2.75, 3.05) is 4.90 Å². The fourth-order valence-corrected chi connectivity index (χ4v) is 4.33. The third-order valence-electron chi connectivity index (χ3n) is 6.03. The van der Waals surface area contributed by atoms with Gasteiger partial charge in [-0.25, -0.2) is 9.69 Å².